The fourth-order valence-electron chi connectivity index (χ4n) is 4.54. The molecule has 1 N–H and O–H groups in total. The molecule has 9 nitrogen and oxygen atoms in total. The molecule has 3 aromatic carbocycles. The normalized spacial score (nSPS) is 19.8. The molecule has 10 heteroatoms. The number of rotatable bonds is 6. The number of hydrogen-bond acceptors (Lipinski definition) is 8. The van der Waals surface area contributed by atoms with E-state index in [-0.39, 0.29) is 31.1 Å². The number of nitrogens with one attached hydrogen (secondary N) is 1. The molecule has 192 valence electrons. The first-order chi connectivity index (χ1) is 18.6. The standard InChI is InChI=1S/C28H24N4O5S/c1-35-20-10-7-17(8-11-20)21-14-22(18-5-3-2-4-6-18)32(31-21)28-30-27(34)25(38-28)15-26(33)29-19-9-12-23-24(13-19)37-16-36-23/h2-13,22,25H,14-16H2,1H3,(H,29,33)/t22-,25-/m0/s1. The van der Waals surface area contributed by atoms with Crippen LogP contribution in [-0.4, -0.2) is 46.9 Å². The van der Waals surface area contributed by atoms with Crippen molar-refractivity contribution in [2.24, 2.45) is 10.1 Å². The van der Waals surface area contributed by atoms with Crippen LogP contribution in [0.5, 0.6) is 17.2 Å². The SMILES string of the molecule is COc1ccc(C2=NN(C3=NC(=O)[C@H](CC(=O)Nc4ccc5c(c4)OCO5)S3)[C@H](c3ccccc3)C2)cc1. The average molecular weight is 529 g/mol. The second kappa shape index (κ2) is 10.2. The quantitative estimate of drug-likeness (QED) is 0.499. The van der Waals surface area contributed by atoms with Crippen LogP contribution in [0.4, 0.5) is 5.69 Å². The van der Waals surface area contributed by atoms with Gasteiger partial charge in [0.15, 0.2) is 16.7 Å². The Hall–Kier alpha value is -4.31. The van der Waals surface area contributed by atoms with Crippen LogP contribution in [0.25, 0.3) is 0 Å². The number of aliphatic imine (C=N–C) groups is 1. The smallest absolute Gasteiger partial charge is 0.262 e. The Morgan fingerprint density at radius 1 is 1.08 bits per heavy atom. The molecule has 0 radical (unpaired) electrons. The summed E-state index contributed by atoms with van der Waals surface area (Å²) in [4.78, 5) is 29.9. The van der Waals surface area contributed by atoms with Crippen LogP contribution in [0.3, 0.4) is 0 Å². The second-order valence-electron chi connectivity index (χ2n) is 8.91. The van der Waals surface area contributed by atoms with E-state index in [0.29, 0.717) is 28.8 Å². The maximum Gasteiger partial charge on any atom is 0.262 e. The molecule has 6 rings (SSSR count). The zero-order chi connectivity index (χ0) is 26.1. The lowest BCUT2D eigenvalue weighted by molar-refractivity contribution is -0.121. The first kappa shape index (κ1) is 24.1. The lowest BCUT2D eigenvalue weighted by Gasteiger charge is -2.23. The highest BCUT2D eigenvalue weighted by Crippen LogP contribution is 2.39. The zero-order valence-corrected chi connectivity index (χ0v) is 21.3. The molecule has 0 spiro atoms. The Balaban J connectivity index is 1.18. The van der Waals surface area contributed by atoms with Crippen molar-refractivity contribution in [3.8, 4) is 17.2 Å². The van der Waals surface area contributed by atoms with Gasteiger partial charge in [-0.3, -0.25) is 9.59 Å². The average Bonchev–Trinajstić information content (AvgIpc) is 3.68. The van der Waals surface area contributed by atoms with Gasteiger partial charge in [-0.1, -0.05) is 42.1 Å². The Morgan fingerprint density at radius 3 is 2.66 bits per heavy atom. The van der Waals surface area contributed by atoms with Gasteiger partial charge in [-0.25, -0.2) is 5.01 Å². The van der Waals surface area contributed by atoms with Crippen molar-refractivity contribution >= 4 is 40.1 Å². The minimum absolute atomic E-state index is 0.0101. The summed E-state index contributed by atoms with van der Waals surface area (Å²) in [5.41, 5.74) is 3.51. The number of methoxy groups -OCH3 is 1. The number of amidine groups is 1. The lowest BCUT2D eigenvalue weighted by atomic mass is 9.98. The number of ether oxygens (including phenoxy) is 3. The van der Waals surface area contributed by atoms with Crippen LogP contribution < -0.4 is 19.5 Å². The molecule has 3 heterocycles. The molecular formula is C28H24N4O5S. The monoisotopic (exact) mass is 528 g/mol. The fourth-order valence-corrected chi connectivity index (χ4v) is 5.60. The Kier molecular flexibility index (Phi) is 6.47. The van der Waals surface area contributed by atoms with Crippen molar-refractivity contribution in [1.82, 2.24) is 5.01 Å². The summed E-state index contributed by atoms with van der Waals surface area (Å²) in [6.07, 6.45) is 0.642. The summed E-state index contributed by atoms with van der Waals surface area (Å²) >= 11 is 1.27. The van der Waals surface area contributed by atoms with Gasteiger partial charge >= 0.3 is 0 Å². The minimum Gasteiger partial charge on any atom is -0.497 e. The van der Waals surface area contributed by atoms with Crippen LogP contribution >= 0.6 is 11.8 Å². The molecule has 3 aliphatic heterocycles. The van der Waals surface area contributed by atoms with Crippen molar-refractivity contribution in [3.63, 3.8) is 0 Å². The lowest BCUT2D eigenvalue weighted by Crippen LogP contribution is -2.25. The van der Waals surface area contributed by atoms with Crippen LogP contribution in [0.1, 0.15) is 30.0 Å². The maximum atomic E-state index is 12.8. The molecule has 0 bridgehead atoms. The van der Waals surface area contributed by atoms with Gasteiger partial charge in [-0.15, -0.1) is 0 Å². The summed E-state index contributed by atoms with van der Waals surface area (Å²) in [6, 6.07) is 22.8. The summed E-state index contributed by atoms with van der Waals surface area (Å²) in [6.45, 7) is 0.156. The van der Waals surface area contributed by atoms with Gasteiger partial charge in [0.2, 0.25) is 12.7 Å². The van der Waals surface area contributed by atoms with Crippen LogP contribution in [0.2, 0.25) is 0 Å². The number of thioether (sulfide) groups is 1. The van der Waals surface area contributed by atoms with E-state index in [0.717, 1.165) is 22.6 Å². The third-order valence-corrected chi connectivity index (χ3v) is 7.61. The first-order valence-corrected chi connectivity index (χ1v) is 13.0. The zero-order valence-electron chi connectivity index (χ0n) is 20.5. The molecule has 0 saturated heterocycles. The highest BCUT2D eigenvalue weighted by molar-refractivity contribution is 8.15. The number of carbonyl (C=O) groups is 2. The van der Waals surface area contributed by atoms with Crippen molar-refractivity contribution in [2.75, 3.05) is 19.2 Å². The molecule has 3 aromatic rings. The van der Waals surface area contributed by atoms with Gasteiger partial charge in [-0.05, 0) is 47.5 Å². The molecule has 0 saturated carbocycles. The van der Waals surface area contributed by atoms with E-state index in [1.165, 1.54) is 11.8 Å². The van der Waals surface area contributed by atoms with Gasteiger partial charge in [0.05, 0.1) is 18.9 Å². The fraction of sp³-hybridized carbons (Fsp3) is 0.214. The number of nitrogens with zero attached hydrogens (tertiary/aromatic N) is 3. The Labute approximate surface area is 223 Å². The third kappa shape index (κ3) is 4.82. The van der Waals surface area contributed by atoms with E-state index >= 15 is 0 Å². The van der Waals surface area contributed by atoms with Crippen molar-refractivity contribution in [3.05, 3.63) is 83.9 Å². The van der Waals surface area contributed by atoms with E-state index in [2.05, 4.69) is 10.3 Å². The largest absolute Gasteiger partial charge is 0.497 e. The van der Waals surface area contributed by atoms with Crippen LogP contribution in [-0.2, 0) is 9.59 Å². The molecular weight excluding hydrogens is 504 g/mol. The second-order valence-corrected chi connectivity index (χ2v) is 10.1. The molecule has 0 aliphatic carbocycles. The van der Waals surface area contributed by atoms with Gasteiger partial charge in [-0.2, -0.15) is 10.1 Å². The van der Waals surface area contributed by atoms with E-state index in [9.17, 15) is 9.59 Å². The van der Waals surface area contributed by atoms with Crippen molar-refractivity contribution in [1.29, 1.82) is 0 Å². The van der Waals surface area contributed by atoms with Gasteiger partial charge < -0.3 is 19.5 Å². The Morgan fingerprint density at radius 2 is 1.87 bits per heavy atom. The predicted molar refractivity (Wildman–Crippen MR) is 145 cm³/mol. The number of hydrazone groups is 1. The summed E-state index contributed by atoms with van der Waals surface area (Å²) in [7, 11) is 1.63. The summed E-state index contributed by atoms with van der Waals surface area (Å²) in [5.74, 6) is 1.36. The van der Waals surface area contributed by atoms with Gasteiger partial charge in [0.1, 0.15) is 11.0 Å². The molecule has 0 aromatic heterocycles. The number of carbonyl (C=O) groups excluding carboxylic acids is 2. The van der Waals surface area contributed by atoms with Crippen LogP contribution in [0.15, 0.2) is 82.9 Å². The summed E-state index contributed by atoms with van der Waals surface area (Å²) in [5, 5.41) is 9.39. The van der Waals surface area contributed by atoms with E-state index < -0.39 is 5.25 Å². The van der Waals surface area contributed by atoms with E-state index in [1.54, 1.807) is 25.3 Å². The van der Waals surface area contributed by atoms with Gasteiger partial charge in [0.25, 0.3) is 5.91 Å². The third-order valence-electron chi connectivity index (χ3n) is 6.47. The topological polar surface area (TPSA) is 102 Å². The molecule has 38 heavy (non-hydrogen) atoms. The summed E-state index contributed by atoms with van der Waals surface area (Å²) < 4.78 is 16.0. The molecule has 3 aliphatic rings. The highest BCUT2D eigenvalue weighted by atomic mass is 32.2. The Bertz CT molecular complexity index is 1440. The van der Waals surface area contributed by atoms with E-state index in [1.807, 2.05) is 59.6 Å². The van der Waals surface area contributed by atoms with Crippen LogP contribution in [0, 0.1) is 0 Å². The number of hydrogen-bond donors (Lipinski definition) is 1. The predicted octanol–water partition coefficient (Wildman–Crippen LogP) is 4.60. The minimum atomic E-state index is -0.629. The molecule has 2 atom stereocenters. The molecule has 2 amide bonds. The number of fused-ring (bicyclic) bond motifs is 1. The molecule has 0 fully saturated rings. The molecule has 0 unspecified atom stereocenters. The maximum absolute atomic E-state index is 12.8. The van der Waals surface area contributed by atoms with Crippen molar-refractivity contribution in [2.45, 2.75) is 24.1 Å². The van der Waals surface area contributed by atoms with Gasteiger partial charge in [0, 0.05) is 24.6 Å². The van der Waals surface area contributed by atoms with E-state index in [4.69, 9.17) is 19.3 Å². The highest BCUT2D eigenvalue weighted by Gasteiger charge is 2.39. The number of amides is 2. The first-order valence-electron chi connectivity index (χ1n) is 12.1. The van der Waals surface area contributed by atoms with Crippen molar-refractivity contribution < 1.29 is 23.8 Å². The number of anilines is 1. The number of benzene rings is 3.